The number of rotatable bonds is 3. The molecule has 8 heteroatoms. The molecule has 20 heavy (non-hydrogen) atoms. The van der Waals surface area contributed by atoms with Crippen LogP contribution in [0.25, 0.3) is 0 Å². The Morgan fingerprint density at radius 3 is 2.60 bits per heavy atom. The largest absolute Gasteiger partial charge is 0.379 e. The Labute approximate surface area is 132 Å². The second-order valence-electron chi connectivity index (χ2n) is 4.16. The molecule has 0 bridgehead atoms. The van der Waals surface area contributed by atoms with Gasteiger partial charge in [0, 0.05) is 18.8 Å². The molecular weight excluding hydrogens is 325 g/mol. The number of amides is 2. The van der Waals surface area contributed by atoms with Gasteiger partial charge in [0.05, 0.1) is 23.3 Å². The van der Waals surface area contributed by atoms with E-state index in [1.807, 2.05) is 0 Å². The lowest BCUT2D eigenvalue weighted by Crippen LogP contribution is -2.52. The van der Waals surface area contributed by atoms with Gasteiger partial charge < -0.3 is 4.74 Å². The molecule has 1 saturated heterocycles. The highest BCUT2D eigenvalue weighted by Crippen LogP contribution is 2.27. The van der Waals surface area contributed by atoms with Gasteiger partial charge in [-0.2, -0.15) is 0 Å². The molecule has 1 fully saturated rings. The van der Waals surface area contributed by atoms with Crippen LogP contribution in [0.2, 0.25) is 10.0 Å². The van der Waals surface area contributed by atoms with Gasteiger partial charge in [0.1, 0.15) is 6.00 Å². The molecule has 0 atom stereocenters. The summed E-state index contributed by atoms with van der Waals surface area (Å²) in [5, 5.41) is 2.60. The minimum Gasteiger partial charge on any atom is -0.379 e. The minimum absolute atomic E-state index is 0.00807. The predicted octanol–water partition coefficient (Wildman–Crippen LogP) is 2.95. The first-order chi connectivity index (χ1) is 9.61. The number of benzene rings is 1. The molecule has 110 valence electrons. The zero-order chi connectivity index (χ0) is 14.5. The fraction of sp³-hybridized carbons (Fsp3) is 0.417. The number of morpholine rings is 1. The first kappa shape index (κ1) is 15.7. The highest BCUT2D eigenvalue weighted by molar-refractivity contribution is 6.42. The lowest BCUT2D eigenvalue weighted by atomic mass is 10.3. The number of urea groups is 1. The van der Waals surface area contributed by atoms with E-state index in [2.05, 4.69) is 5.43 Å². The van der Waals surface area contributed by atoms with E-state index in [9.17, 15) is 4.79 Å². The molecule has 0 spiro atoms. The Morgan fingerprint density at radius 1 is 1.30 bits per heavy atom. The second kappa shape index (κ2) is 7.33. The minimum atomic E-state index is -0.319. The van der Waals surface area contributed by atoms with Gasteiger partial charge in [-0.15, -0.1) is 11.6 Å². The first-order valence-corrected chi connectivity index (χ1v) is 7.32. The maximum atomic E-state index is 12.2. The molecule has 2 amide bonds. The number of alkyl halides is 1. The van der Waals surface area contributed by atoms with Crippen LogP contribution < -0.4 is 10.3 Å². The number of anilines is 1. The summed E-state index contributed by atoms with van der Waals surface area (Å²) in [7, 11) is 0. The molecule has 1 N–H and O–H groups in total. The van der Waals surface area contributed by atoms with Crippen molar-refractivity contribution in [3.63, 3.8) is 0 Å². The van der Waals surface area contributed by atoms with Crippen LogP contribution in [0.5, 0.6) is 0 Å². The predicted molar refractivity (Wildman–Crippen MR) is 80.6 cm³/mol. The summed E-state index contributed by atoms with van der Waals surface area (Å²) in [6, 6.07) is 4.61. The van der Waals surface area contributed by atoms with E-state index in [1.165, 1.54) is 4.90 Å². The normalized spacial score (nSPS) is 15.9. The molecule has 0 saturated carbocycles. The van der Waals surface area contributed by atoms with Gasteiger partial charge in [-0.3, -0.25) is 10.3 Å². The second-order valence-corrected chi connectivity index (χ2v) is 5.22. The van der Waals surface area contributed by atoms with E-state index in [0.29, 0.717) is 42.0 Å². The van der Waals surface area contributed by atoms with E-state index < -0.39 is 0 Å². The van der Waals surface area contributed by atoms with Crippen LogP contribution in [0.1, 0.15) is 0 Å². The van der Waals surface area contributed by atoms with Crippen molar-refractivity contribution in [2.24, 2.45) is 0 Å². The third kappa shape index (κ3) is 3.90. The summed E-state index contributed by atoms with van der Waals surface area (Å²) in [6.07, 6.45) is 0. The molecule has 1 aliphatic heterocycles. The zero-order valence-electron chi connectivity index (χ0n) is 10.6. The van der Waals surface area contributed by atoms with Crippen LogP contribution >= 0.6 is 34.8 Å². The fourth-order valence-corrected chi connectivity index (χ4v) is 2.30. The van der Waals surface area contributed by atoms with Gasteiger partial charge in [-0.1, -0.05) is 23.2 Å². The quantitative estimate of drug-likeness (QED) is 0.681. The van der Waals surface area contributed by atoms with Crippen LogP contribution in [0.15, 0.2) is 18.2 Å². The molecular formula is C12H14Cl3N3O2. The average Bonchev–Trinajstić information content (AvgIpc) is 2.44. The Bertz CT molecular complexity index is 481. The van der Waals surface area contributed by atoms with Gasteiger partial charge in [0.25, 0.3) is 0 Å². The van der Waals surface area contributed by atoms with Crippen LogP contribution in [0.3, 0.4) is 0 Å². The van der Waals surface area contributed by atoms with E-state index in [4.69, 9.17) is 39.5 Å². The zero-order valence-corrected chi connectivity index (χ0v) is 12.9. The highest BCUT2D eigenvalue weighted by atomic mass is 35.5. The van der Waals surface area contributed by atoms with Gasteiger partial charge >= 0.3 is 6.03 Å². The first-order valence-electron chi connectivity index (χ1n) is 6.03. The number of halogens is 3. The van der Waals surface area contributed by atoms with E-state index in [0.717, 1.165) is 0 Å². The fourth-order valence-electron chi connectivity index (χ4n) is 1.76. The summed E-state index contributed by atoms with van der Waals surface area (Å²) in [5.41, 5.74) is 3.37. The van der Waals surface area contributed by atoms with Crippen molar-refractivity contribution in [3.8, 4) is 0 Å². The molecule has 2 rings (SSSR count). The van der Waals surface area contributed by atoms with Crippen molar-refractivity contribution in [2.75, 3.05) is 37.2 Å². The van der Waals surface area contributed by atoms with Crippen molar-refractivity contribution >= 4 is 46.5 Å². The number of hydrogen-bond donors (Lipinski definition) is 1. The van der Waals surface area contributed by atoms with E-state index >= 15 is 0 Å². The summed E-state index contributed by atoms with van der Waals surface area (Å²) in [5.74, 6) is 0. The van der Waals surface area contributed by atoms with E-state index in [1.54, 1.807) is 23.2 Å². The topological polar surface area (TPSA) is 44.8 Å². The van der Waals surface area contributed by atoms with Gasteiger partial charge in [0.15, 0.2) is 0 Å². The summed E-state index contributed by atoms with van der Waals surface area (Å²) in [4.78, 5) is 13.6. The van der Waals surface area contributed by atoms with Crippen molar-refractivity contribution in [3.05, 3.63) is 28.2 Å². The number of carbonyl (C=O) groups excluding carboxylic acids is 1. The van der Waals surface area contributed by atoms with Gasteiger partial charge in [-0.25, -0.2) is 9.80 Å². The van der Waals surface area contributed by atoms with Crippen molar-refractivity contribution in [2.45, 2.75) is 0 Å². The number of hydrazine groups is 1. The smallest absolute Gasteiger partial charge is 0.337 e. The lowest BCUT2D eigenvalue weighted by molar-refractivity contribution is 0.0202. The number of carbonyl (C=O) groups is 1. The number of nitrogens with zero attached hydrogens (tertiary/aromatic N) is 2. The molecule has 0 unspecified atom stereocenters. The maximum Gasteiger partial charge on any atom is 0.337 e. The molecule has 1 heterocycles. The number of ether oxygens (including phenoxy) is 1. The molecule has 1 aliphatic rings. The summed E-state index contributed by atoms with van der Waals surface area (Å²) < 4.78 is 5.22. The lowest BCUT2D eigenvalue weighted by Gasteiger charge is -2.30. The molecule has 0 aliphatic carbocycles. The summed E-state index contributed by atoms with van der Waals surface area (Å²) in [6.45, 7) is 2.47. The molecule has 5 nitrogen and oxygen atoms in total. The van der Waals surface area contributed by atoms with Crippen molar-refractivity contribution in [1.82, 2.24) is 10.4 Å². The SMILES string of the molecule is O=C(NN1CCOCC1)N(CCl)c1ccc(Cl)c(Cl)c1. The monoisotopic (exact) mass is 337 g/mol. The van der Waals surface area contributed by atoms with Crippen LogP contribution in [0, 0.1) is 0 Å². The average molecular weight is 339 g/mol. The third-order valence-electron chi connectivity index (χ3n) is 2.84. The molecule has 0 aromatic heterocycles. The summed E-state index contributed by atoms with van der Waals surface area (Å²) >= 11 is 17.7. The molecule has 1 aromatic rings. The Hall–Kier alpha value is -0.720. The van der Waals surface area contributed by atoms with E-state index in [-0.39, 0.29) is 12.0 Å². The van der Waals surface area contributed by atoms with Crippen molar-refractivity contribution < 1.29 is 9.53 Å². The van der Waals surface area contributed by atoms with Gasteiger partial charge in [-0.05, 0) is 18.2 Å². The molecule has 1 aromatic carbocycles. The number of hydrogen-bond acceptors (Lipinski definition) is 3. The van der Waals surface area contributed by atoms with Crippen LogP contribution in [0.4, 0.5) is 10.5 Å². The standard InChI is InChI=1S/C12H14Cl3N3O2/c13-8-18(9-1-2-10(14)11(15)7-9)12(19)16-17-3-5-20-6-4-17/h1-2,7H,3-6,8H2,(H,16,19). The van der Waals surface area contributed by atoms with Crippen LogP contribution in [-0.4, -0.2) is 43.3 Å². The third-order valence-corrected chi connectivity index (χ3v) is 3.82. The molecule has 0 radical (unpaired) electrons. The Balaban J connectivity index is 2.06. The highest BCUT2D eigenvalue weighted by Gasteiger charge is 2.19. The Kier molecular flexibility index (Phi) is 5.74. The van der Waals surface area contributed by atoms with Crippen LogP contribution in [-0.2, 0) is 4.74 Å². The Morgan fingerprint density at radius 2 is 2.00 bits per heavy atom. The number of nitrogens with one attached hydrogen (secondary N) is 1. The maximum absolute atomic E-state index is 12.2. The van der Waals surface area contributed by atoms with Crippen molar-refractivity contribution in [1.29, 1.82) is 0 Å². The van der Waals surface area contributed by atoms with Gasteiger partial charge in [0.2, 0.25) is 0 Å².